The molecule has 0 amide bonds. The van der Waals surface area contributed by atoms with E-state index in [-0.39, 0.29) is 0 Å². The zero-order valence-electron chi connectivity index (χ0n) is 13.1. The van der Waals surface area contributed by atoms with Crippen molar-refractivity contribution < 1.29 is 4.74 Å². The van der Waals surface area contributed by atoms with E-state index < -0.39 is 0 Å². The number of fused-ring (bicyclic) bond motifs is 1. The van der Waals surface area contributed by atoms with Crippen LogP contribution in [0.5, 0.6) is 0 Å². The van der Waals surface area contributed by atoms with E-state index in [4.69, 9.17) is 10.5 Å². The average molecular weight is 280 g/mol. The van der Waals surface area contributed by atoms with E-state index >= 15 is 0 Å². The van der Waals surface area contributed by atoms with Crippen molar-refractivity contribution in [1.82, 2.24) is 4.90 Å². The van der Waals surface area contributed by atoms with Gasteiger partial charge in [-0.2, -0.15) is 0 Å². The first-order valence-corrected chi connectivity index (χ1v) is 8.89. The topological polar surface area (TPSA) is 38.5 Å². The predicted molar refractivity (Wildman–Crippen MR) is 82.7 cm³/mol. The Morgan fingerprint density at radius 2 is 2.10 bits per heavy atom. The molecule has 5 atom stereocenters. The van der Waals surface area contributed by atoms with Crippen LogP contribution in [0.4, 0.5) is 0 Å². The van der Waals surface area contributed by atoms with Crippen LogP contribution in [-0.4, -0.2) is 42.8 Å². The maximum atomic E-state index is 6.43. The first kappa shape index (κ1) is 14.8. The summed E-state index contributed by atoms with van der Waals surface area (Å²) in [7, 11) is 0. The second-order valence-corrected chi connectivity index (χ2v) is 7.29. The molecule has 3 rings (SSSR count). The first-order valence-electron chi connectivity index (χ1n) is 8.89. The van der Waals surface area contributed by atoms with Gasteiger partial charge in [0.05, 0.1) is 12.7 Å². The Hall–Kier alpha value is -0.120. The summed E-state index contributed by atoms with van der Waals surface area (Å²) in [4.78, 5) is 2.72. The van der Waals surface area contributed by atoms with E-state index in [1.807, 2.05) is 0 Å². The van der Waals surface area contributed by atoms with Gasteiger partial charge in [0.15, 0.2) is 0 Å². The number of rotatable bonds is 4. The fourth-order valence-electron chi connectivity index (χ4n) is 4.80. The molecule has 3 nitrogen and oxygen atoms in total. The largest absolute Gasteiger partial charge is 0.375 e. The van der Waals surface area contributed by atoms with Crippen LogP contribution < -0.4 is 5.73 Å². The molecular weight excluding hydrogens is 248 g/mol. The van der Waals surface area contributed by atoms with Crippen molar-refractivity contribution in [1.29, 1.82) is 0 Å². The average Bonchev–Trinajstić information content (AvgIpc) is 2.92. The molecule has 116 valence electrons. The molecule has 1 heterocycles. The van der Waals surface area contributed by atoms with Gasteiger partial charge in [0.1, 0.15) is 0 Å². The van der Waals surface area contributed by atoms with Gasteiger partial charge >= 0.3 is 0 Å². The molecule has 3 fully saturated rings. The third kappa shape index (κ3) is 3.20. The van der Waals surface area contributed by atoms with Gasteiger partial charge in [-0.3, -0.25) is 4.90 Å². The van der Waals surface area contributed by atoms with Gasteiger partial charge in [-0.05, 0) is 50.4 Å². The Bertz CT molecular complexity index is 309. The van der Waals surface area contributed by atoms with Crippen LogP contribution in [0.25, 0.3) is 0 Å². The number of nitrogens with two attached hydrogens (primary N) is 1. The molecule has 0 aromatic rings. The van der Waals surface area contributed by atoms with Crippen LogP contribution >= 0.6 is 0 Å². The van der Waals surface area contributed by atoms with Crippen LogP contribution in [0, 0.1) is 11.8 Å². The SMILES string of the molecule is CCCC1CCC(N)C(CN2CCOC3CCCC32)C1. The maximum Gasteiger partial charge on any atom is 0.0730 e. The highest BCUT2D eigenvalue weighted by Gasteiger charge is 2.38. The summed E-state index contributed by atoms with van der Waals surface area (Å²) in [6.07, 6.45) is 11.2. The molecule has 0 aromatic carbocycles. The van der Waals surface area contributed by atoms with Crippen LogP contribution in [0.15, 0.2) is 0 Å². The van der Waals surface area contributed by atoms with E-state index in [2.05, 4.69) is 11.8 Å². The Balaban J connectivity index is 1.57. The second-order valence-electron chi connectivity index (χ2n) is 7.29. The van der Waals surface area contributed by atoms with Crippen LogP contribution in [0.1, 0.15) is 58.3 Å². The number of hydrogen-bond donors (Lipinski definition) is 1. The normalized spacial score (nSPS) is 42.6. The van der Waals surface area contributed by atoms with Gasteiger partial charge in [-0.25, -0.2) is 0 Å². The highest BCUT2D eigenvalue weighted by atomic mass is 16.5. The number of morpholine rings is 1. The summed E-state index contributed by atoms with van der Waals surface area (Å²) < 4.78 is 5.93. The fourth-order valence-corrected chi connectivity index (χ4v) is 4.80. The summed E-state index contributed by atoms with van der Waals surface area (Å²) in [5, 5.41) is 0. The molecule has 3 aliphatic rings. The monoisotopic (exact) mass is 280 g/mol. The third-order valence-corrected chi connectivity index (χ3v) is 5.91. The molecule has 20 heavy (non-hydrogen) atoms. The molecule has 2 saturated carbocycles. The second kappa shape index (κ2) is 6.76. The number of hydrogen-bond acceptors (Lipinski definition) is 3. The summed E-state index contributed by atoms with van der Waals surface area (Å²) in [5.74, 6) is 1.66. The molecule has 2 N–H and O–H groups in total. The zero-order valence-corrected chi connectivity index (χ0v) is 13.1. The molecule has 0 radical (unpaired) electrons. The minimum absolute atomic E-state index is 0.436. The van der Waals surface area contributed by atoms with E-state index in [1.165, 1.54) is 57.9 Å². The Morgan fingerprint density at radius 3 is 2.95 bits per heavy atom. The van der Waals surface area contributed by atoms with Gasteiger partial charge in [0.25, 0.3) is 0 Å². The molecule has 3 heteroatoms. The van der Waals surface area contributed by atoms with Crippen LogP contribution in [-0.2, 0) is 4.74 Å². The summed E-state index contributed by atoms with van der Waals surface area (Å²) in [5.41, 5.74) is 6.43. The molecule has 5 unspecified atom stereocenters. The van der Waals surface area contributed by atoms with Crippen molar-refractivity contribution >= 4 is 0 Å². The Morgan fingerprint density at radius 1 is 1.20 bits per heavy atom. The lowest BCUT2D eigenvalue weighted by Crippen LogP contribution is -2.52. The number of nitrogens with zero attached hydrogens (tertiary/aromatic N) is 1. The lowest BCUT2D eigenvalue weighted by atomic mass is 9.76. The van der Waals surface area contributed by atoms with Gasteiger partial charge < -0.3 is 10.5 Å². The van der Waals surface area contributed by atoms with E-state index in [9.17, 15) is 0 Å². The summed E-state index contributed by atoms with van der Waals surface area (Å²) in [6.45, 7) is 5.60. The van der Waals surface area contributed by atoms with Gasteiger partial charge in [0, 0.05) is 25.2 Å². The van der Waals surface area contributed by atoms with Crippen molar-refractivity contribution in [3.63, 3.8) is 0 Å². The van der Waals surface area contributed by atoms with Crippen molar-refractivity contribution in [2.24, 2.45) is 17.6 Å². The first-order chi connectivity index (χ1) is 9.78. The zero-order chi connectivity index (χ0) is 13.9. The van der Waals surface area contributed by atoms with Gasteiger partial charge in [-0.1, -0.05) is 19.8 Å². The number of ether oxygens (including phenoxy) is 1. The van der Waals surface area contributed by atoms with Gasteiger partial charge in [-0.15, -0.1) is 0 Å². The Kier molecular flexibility index (Phi) is 5.00. The molecule has 0 bridgehead atoms. The van der Waals surface area contributed by atoms with Crippen molar-refractivity contribution in [2.75, 3.05) is 19.7 Å². The van der Waals surface area contributed by atoms with Crippen molar-refractivity contribution in [3.8, 4) is 0 Å². The quantitative estimate of drug-likeness (QED) is 0.860. The molecule has 0 aromatic heterocycles. The molecular formula is C17H32N2O. The minimum atomic E-state index is 0.436. The predicted octanol–water partition coefficient (Wildman–Crippen LogP) is 2.78. The summed E-state index contributed by atoms with van der Waals surface area (Å²) in [6, 6.07) is 1.13. The fraction of sp³-hybridized carbons (Fsp3) is 1.00. The van der Waals surface area contributed by atoms with Crippen molar-refractivity contribution in [3.05, 3.63) is 0 Å². The van der Waals surface area contributed by atoms with Crippen molar-refractivity contribution in [2.45, 2.75) is 76.5 Å². The summed E-state index contributed by atoms with van der Waals surface area (Å²) >= 11 is 0. The van der Waals surface area contributed by atoms with Crippen LogP contribution in [0.3, 0.4) is 0 Å². The third-order valence-electron chi connectivity index (χ3n) is 5.91. The van der Waals surface area contributed by atoms with E-state index in [0.717, 1.165) is 25.0 Å². The smallest absolute Gasteiger partial charge is 0.0730 e. The van der Waals surface area contributed by atoms with E-state index in [1.54, 1.807) is 0 Å². The minimum Gasteiger partial charge on any atom is -0.375 e. The highest BCUT2D eigenvalue weighted by Crippen LogP contribution is 2.35. The highest BCUT2D eigenvalue weighted by molar-refractivity contribution is 4.92. The molecule has 1 saturated heterocycles. The standard InChI is InChI=1S/C17H32N2O/c1-2-4-13-7-8-15(18)14(11-13)12-19-9-10-20-17-6-3-5-16(17)19/h13-17H,2-12,18H2,1H3. The lowest BCUT2D eigenvalue weighted by molar-refractivity contribution is -0.0636. The maximum absolute atomic E-state index is 6.43. The molecule has 1 aliphatic heterocycles. The Labute approximate surface area is 124 Å². The lowest BCUT2D eigenvalue weighted by Gasteiger charge is -2.43. The van der Waals surface area contributed by atoms with E-state index in [0.29, 0.717) is 18.2 Å². The van der Waals surface area contributed by atoms with Gasteiger partial charge in [0.2, 0.25) is 0 Å². The molecule has 2 aliphatic carbocycles. The van der Waals surface area contributed by atoms with Crippen LogP contribution in [0.2, 0.25) is 0 Å². The molecule has 0 spiro atoms.